The number of nitrogens with zero attached hydrogens (tertiary/aromatic N) is 2. The second-order valence-electron chi connectivity index (χ2n) is 6.06. The lowest BCUT2D eigenvalue weighted by atomic mass is 10.1. The van der Waals surface area contributed by atoms with Crippen molar-refractivity contribution in [2.45, 2.75) is 19.4 Å². The van der Waals surface area contributed by atoms with Gasteiger partial charge in [-0.25, -0.2) is 0 Å². The lowest BCUT2D eigenvalue weighted by Crippen LogP contribution is -2.27. The number of hydrogen-bond donors (Lipinski definition) is 1. The van der Waals surface area contributed by atoms with E-state index < -0.39 is 0 Å². The summed E-state index contributed by atoms with van der Waals surface area (Å²) in [5, 5.41) is 7.30. The molecule has 0 bridgehead atoms. The second-order valence-corrected chi connectivity index (χ2v) is 6.06. The molecule has 3 rings (SSSR count). The Labute approximate surface area is 153 Å². The quantitative estimate of drug-likeness (QED) is 0.679. The molecule has 1 N–H and O–H groups in total. The maximum atomic E-state index is 12.0. The van der Waals surface area contributed by atoms with E-state index in [1.54, 1.807) is 7.11 Å². The fourth-order valence-corrected chi connectivity index (χ4v) is 2.71. The van der Waals surface area contributed by atoms with Crippen LogP contribution in [0.15, 0.2) is 67.0 Å². The van der Waals surface area contributed by atoms with E-state index in [-0.39, 0.29) is 5.91 Å². The summed E-state index contributed by atoms with van der Waals surface area (Å²) < 4.78 is 6.99. The number of amides is 1. The molecule has 0 aliphatic rings. The summed E-state index contributed by atoms with van der Waals surface area (Å²) in [6, 6.07) is 17.9. The number of aryl methyl sites for hydroxylation is 1. The molecule has 26 heavy (non-hydrogen) atoms. The molecule has 0 aliphatic heterocycles. The summed E-state index contributed by atoms with van der Waals surface area (Å²) in [5.41, 5.74) is 3.35. The molecule has 0 radical (unpaired) electrons. The van der Waals surface area contributed by atoms with Crippen LogP contribution in [0.25, 0.3) is 11.1 Å². The summed E-state index contributed by atoms with van der Waals surface area (Å²) >= 11 is 0. The third kappa shape index (κ3) is 4.96. The van der Waals surface area contributed by atoms with Gasteiger partial charge in [-0.2, -0.15) is 5.10 Å². The van der Waals surface area contributed by atoms with Crippen LogP contribution < -0.4 is 10.1 Å². The zero-order valence-corrected chi connectivity index (χ0v) is 14.9. The van der Waals surface area contributed by atoms with Crippen LogP contribution in [-0.4, -0.2) is 29.3 Å². The first kappa shape index (κ1) is 17.7. The Morgan fingerprint density at radius 2 is 1.85 bits per heavy atom. The number of methoxy groups -OCH3 is 1. The van der Waals surface area contributed by atoms with Crippen molar-refractivity contribution in [3.8, 4) is 16.9 Å². The van der Waals surface area contributed by atoms with Crippen LogP contribution in [0.2, 0.25) is 0 Å². The molecule has 5 nitrogen and oxygen atoms in total. The Morgan fingerprint density at radius 1 is 1.08 bits per heavy atom. The van der Waals surface area contributed by atoms with Gasteiger partial charge in [0.15, 0.2) is 0 Å². The van der Waals surface area contributed by atoms with Gasteiger partial charge in [0.1, 0.15) is 5.75 Å². The summed E-state index contributed by atoms with van der Waals surface area (Å²) in [5.74, 6) is 0.878. The molecule has 0 fully saturated rings. The zero-order chi connectivity index (χ0) is 18.2. The molecule has 0 spiro atoms. The van der Waals surface area contributed by atoms with Gasteiger partial charge in [-0.15, -0.1) is 0 Å². The van der Waals surface area contributed by atoms with Crippen molar-refractivity contribution in [1.29, 1.82) is 0 Å². The van der Waals surface area contributed by atoms with E-state index >= 15 is 0 Å². The smallest absolute Gasteiger partial charge is 0.220 e. The maximum Gasteiger partial charge on any atom is 0.220 e. The minimum absolute atomic E-state index is 0.0521. The molecular weight excluding hydrogens is 326 g/mol. The van der Waals surface area contributed by atoms with Crippen LogP contribution in [-0.2, 0) is 17.8 Å². The Balaban J connectivity index is 1.40. The molecule has 3 aromatic rings. The van der Waals surface area contributed by atoms with Gasteiger partial charge in [-0.05, 0) is 29.7 Å². The molecule has 5 heteroatoms. The van der Waals surface area contributed by atoms with E-state index in [0.29, 0.717) is 19.5 Å². The van der Waals surface area contributed by atoms with Gasteiger partial charge in [-0.1, -0.05) is 42.5 Å². The molecule has 0 unspecified atom stereocenters. The summed E-state index contributed by atoms with van der Waals surface area (Å²) in [6.07, 6.45) is 5.04. The third-order valence-corrected chi connectivity index (χ3v) is 4.20. The van der Waals surface area contributed by atoms with Gasteiger partial charge >= 0.3 is 0 Å². The zero-order valence-electron chi connectivity index (χ0n) is 14.9. The van der Waals surface area contributed by atoms with Crippen LogP contribution in [0.5, 0.6) is 5.75 Å². The van der Waals surface area contributed by atoms with Crippen molar-refractivity contribution in [2.24, 2.45) is 0 Å². The molecule has 0 saturated heterocycles. The molecular formula is C21H23N3O2. The van der Waals surface area contributed by atoms with Crippen molar-refractivity contribution in [2.75, 3.05) is 13.7 Å². The Kier molecular flexibility index (Phi) is 6.04. The van der Waals surface area contributed by atoms with Crippen LogP contribution in [0.1, 0.15) is 12.0 Å². The minimum atomic E-state index is 0.0521. The van der Waals surface area contributed by atoms with Gasteiger partial charge in [0.2, 0.25) is 5.91 Å². The number of hydrogen-bond acceptors (Lipinski definition) is 3. The summed E-state index contributed by atoms with van der Waals surface area (Å²) in [4.78, 5) is 12.0. The number of nitrogens with one attached hydrogen (secondary N) is 1. The number of rotatable bonds is 8. The SMILES string of the molecule is COc1ccc(CCC(=O)NCCn2cc(-c3ccccc3)cn2)cc1. The van der Waals surface area contributed by atoms with Gasteiger partial charge < -0.3 is 10.1 Å². The van der Waals surface area contributed by atoms with Gasteiger partial charge in [0, 0.05) is 24.7 Å². The van der Waals surface area contributed by atoms with Crippen LogP contribution in [0, 0.1) is 0 Å². The van der Waals surface area contributed by atoms with Crippen molar-refractivity contribution in [3.05, 3.63) is 72.6 Å². The van der Waals surface area contributed by atoms with Crippen LogP contribution in [0.4, 0.5) is 0 Å². The largest absolute Gasteiger partial charge is 0.497 e. The average molecular weight is 349 g/mol. The predicted molar refractivity (Wildman–Crippen MR) is 102 cm³/mol. The van der Waals surface area contributed by atoms with E-state index in [0.717, 1.165) is 28.9 Å². The lowest BCUT2D eigenvalue weighted by Gasteiger charge is -2.06. The fraction of sp³-hybridized carbons (Fsp3) is 0.238. The predicted octanol–water partition coefficient (Wildman–Crippen LogP) is 3.31. The molecule has 0 aliphatic carbocycles. The highest BCUT2D eigenvalue weighted by atomic mass is 16.5. The van der Waals surface area contributed by atoms with E-state index in [1.807, 2.05) is 59.5 Å². The number of carbonyl (C=O) groups is 1. The molecule has 1 aromatic heterocycles. The molecule has 0 atom stereocenters. The minimum Gasteiger partial charge on any atom is -0.497 e. The van der Waals surface area contributed by atoms with E-state index in [1.165, 1.54) is 0 Å². The van der Waals surface area contributed by atoms with Crippen LogP contribution >= 0.6 is 0 Å². The van der Waals surface area contributed by atoms with Crippen LogP contribution in [0.3, 0.4) is 0 Å². The van der Waals surface area contributed by atoms with Crippen molar-refractivity contribution < 1.29 is 9.53 Å². The second kappa shape index (κ2) is 8.85. The topological polar surface area (TPSA) is 56.1 Å². The van der Waals surface area contributed by atoms with E-state index in [4.69, 9.17) is 4.74 Å². The first-order chi connectivity index (χ1) is 12.7. The maximum absolute atomic E-state index is 12.0. The van der Waals surface area contributed by atoms with Gasteiger partial charge in [0.05, 0.1) is 19.9 Å². The number of ether oxygens (including phenoxy) is 1. The number of benzene rings is 2. The highest BCUT2D eigenvalue weighted by molar-refractivity contribution is 5.76. The molecule has 2 aromatic carbocycles. The first-order valence-electron chi connectivity index (χ1n) is 8.72. The average Bonchev–Trinajstić information content (AvgIpc) is 3.16. The molecule has 134 valence electrons. The molecule has 0 saturated carbocycles. The third-order valence-electron chi connectivity index (χ3n) is 4.20. The fourth-order valence-electron chi connectivity index (χ4n) is 2.71. The number of carbonyl (C=O) groups excluding carboxylic acids is 1. The summed E-state index contributed by atoms with van der Waals surface area (Å²) in [7, 11) is 1.64. The standard InChI is InChI=1S/C21H23N3O2/c1-26-20-10-7-17(8-11-20)9-12-21(25)22-13-14-24-16-19(15-23-24)18-5-3-2-4-6-18/h2-8,10-11,15-16H,9,12-14H2,1H3,(H,22,25). The highest BCUT2D eigenvalue weighted by Crippen LogP contribution is 2.17. The van der Waals surface area contributed by atoms with Crippen molar-refractivity contribution in [3.63, 3.8) is 0 Å². The first-order valence-corrected chi connectivity index (χ1v) is 8.72. The Hall–Kier alpha value is -3.08. The molecule has 1 heterocycles. The molecule has 1 amide bonds. The van der Waals surface area contributed by atoms with E-state index in [2.05, 4.69) is 22.5 Å². The summed E-state index contributed by atoms with van der Waals surface area (Å²) in [6.45, 7) is 1.22. The van der Waals surface area contributed by atoms with Crippen molar-refractivity contribution in [1.82, 2.24) is 15.1 Å². The van der Waals surface area contributed by atoms with Crippen molar-refractivity contribution >= 4 is 5.91 Å². The Morgan fingerprint density at radius 3 is 2.58 bits per heavy atom. The monoisotopic (exact) mass is 349 g/mol. The lowest BCUT2D eigenvalue weighted by molar-refractivity contribution is -0.121. The highest BCUT2D eigenvalue weighted by Gasteiger charge is 2.04. The van der Waals surface area contributed by atoms with Gasteiger partial charge in [0.25, 0.3) is 0 Å². The Bertz CT molecular complexity index is 826. The number of aromatic nitrogens is 2. The normalized spacial score (nSPS) is 10.5. The van der Waals surface area contributed by atoms with Gasteiger partial charge in [-0.3, -0.25) is 9.48 Å². The van der Waals surface area contributed by atoms with E-state index in [9.17, 15) is 4.79 Å².